The van der Waals surface area contributed by atoms with Crippen molar-refractivity contribution in [3.63, 3.8) is 0 Å². The molecule has 0 saturated heterocycles. The zero-order chi connectivity index (χ0) is 20.9. The van der Waals surface area contributed by atoms with E-state index in [0.717, 1.165) is 12.0 Å². The van der Waals surface area contributed by atoms with E-state index >= 15 is 0 Å². The Kier molecular flexibility index (Phi) is 13.5. The van der Waals surface area contributed by atoms with Crippen LogP contribution in [0.2, 0.25) is 0 Å². The number of benzene rings is 1. The van der Waals surface area contributed by atoms with Gasteiger partial charge in [-0.15, -0.1) is 0 Å². The topological polar surface area (TPSA) is 92.4 Å². The van der Waals surface area contributed by atoms with Gasteiger partial charge in [0.2, 0.25) is 5.91 Å². The summed E-state index contributed by atoms with van der Waals surface area (Å²) in [6, 6.07) is 6.34. The molecule has 150 valence electrons. The molecule has 1 amide bonds. The molecule has 4 N–H and O–H groups in total. The third-order valence-electron chi connectivity index (χ3n) is 3.94. The minimum Gasteiger partial charge on any atom is -0.508 e. The van der Waals surface area contributed by atoms with Crippen LogP contribution in [-0.2, 0) is 16.0 Å². The van der Waals surface area contributed by atoms with Crippen LogP contribution in [0.25, 0.3) is 0 Å². The van der Waals surface area contributed by atoms with E-state index in [9.17, 15) is 9.59 Å². The molecule has 0 aliphatic carbocycles. The summed E-state index contributed by atoms with van der Waals surface area (Å²) in [6.45, 7) is 14.0. The number of phenolic OH excluding ortho intramolecular Hbond substituents is 1. The maximum Gasteiger partial charge on any atom is 0.234 e. The fourth-order valence-corrected chi connectivity index (χ4v) is 2.38. The minimum atomic E-state index is -0.374. The van der Waals surface area contributed by atoms with Crippen molar-refractivity contribution in [1.82, 2.24) is 5.32 Å². The quantitative estimate of drug-likeness (QED) is 0.686. The molecule has 1 atom stereocenters. The standard InChI is InChI=1S/C10H14N2O2.C9H18O.C2H6/c1-12-9(10(11)14)6-7-2-4-8(13)5-3-7;1-7(2)6-9(4,5)8(3)10;1-2/h2-5,9,12-13H,6H2,1H3,(H2,11,14);7H,6H2,1-5H3;1-2H3. The van der Waals surface area contributed by atoms with Crippen LogP contribution in [0.1, 0.15) is 60.5 Å². The number of Topliss-reactive ketones (excluding diaryl/α,β-unsaturated/α-hetero) is 1. The summed E-state index contributed by atoms with van der Waals surface area (Å²) in [5, 5.41) is 11.9. The number of rotatable bonds is 7. The lowest BCUT2D eigenvalue weighted by Crippen LogP contribution is -2.40. The average molecular weight is 367 g/mol. The first-order valence-electron chi connectivity index (χ1n) is 9.25. The van der Waals surface area contributed by atoms with Crippen molar-refractivity contribution < 1.29 is 14.7 Å². The van der Waals surface area contributed by atoms with Gasteiger partial charge >= 0.3 is 0 Å². The van der Waals surface area contributed by atoms with Gasteiger partial charge in [0.15, 0.2) is 0 Å². The Morgan fingerprint density at radius 2 is 1.62 bits per heavy atom. The van der Waals surface area contributed by atoms with E-state index in [2.05, 4.69) is 19.2 Å². The second kappa shape index (κ2) is 13.3. The molecular formula is C21H38N2O3. The molecule has 0 aliphatic heterocycles. The van der Waals surface area contributed by atoms with E-state index in [1.165, 1.54) is 0 Å². The van der Waals surface area contributed by atoms with E-state index in [1.807, 2.05) is 27.7 Å². The van der Waals surface area contributed by atoms with Crippen molar-refractivity contribution in [2.24, 2.45) is 17.1 Å². The van der Waals surface area contributed by atoms with Crippen molar-refractivity contribution in [2.75, 3.05) is 7.05 Å². The highest BCUT2D eigenvalue weighted by Gasteiger charge is 2.24. The summed E-state index contributed by atoms with van der Waals surface area (Å²) in [5.74, 6) is 0.745. The van der Waals surface area contributed by atoms with Crippen LogP contribution in [0.5, 0.6) is 5.75 Å². The monoisotopic (exact) mass is 366 g/mol. The Hall–Kier alpha value is -1.88. The van der Waals surface area contributed by atoms with Gasteiger partial charge in [0.1, 0.15) is 11.5 Å². The molecule has 1 aromatic rings. The number of phenols is 1. The molecule has 1 rings (SSSR count). The van der Waals surface area contributed by atoms with Crippen molar-refractivity contribution in [3.05, 3.63) is 29.8 Å². The van der Waals surface area contributed by atoms with Crippen LogP contribution in [0, 0.1) is 11.3 Å². The third kappa shape index (κ3) is 11.6. The maximum atomic E-state index is 11.0. The number of carbonyl (C=O) groups is 2. The van der Waals surface area contributed by atoms with E-state index in [0.29, 0.717) is 18.1 Å². The molecule has 5 nitrogen and oxygen atoms in total. The summed E-state index contributed by atoms with van der Waals surface area (Å²) in [4.78, 5) is 21.9. The summed E-state index contributed by atoms with van der Waals surface area (Å²) >= 11 is 0. The third-order valence-corrected chi connectivity index (χ3v) is 3.94. The molecule has 5 heteroatoms. The van der Waals surface area contributed by atoms with E-state index in [-0.39, 0.29) is 23.1 Å². The number of hydrogen-bond donors (Lipinski definition) is 3. The number of primary amides is 1. The lowest BCUT2D eigenvalue weighted by molar-refractivity contribution is -0.125. The van der Waals surface area contributed by atoms with E-state index < -0.39 is 0 Å². The van der Waals surface area contributed by atoms with Crippen LogP contribution in [-0.4, -0.2) is 29.9 Å². The Balaban J connectivity index is 0. The lowest BCUT2D eigenvalue weighted by atomic mass is 9.81. The van der Waals surface area contributed by atoms with Crippen molar-refractivity contribution in [3.8, 4) is 5.75 Å². The molecule has 0 heterocycles. The Bertz CT molecular complexity index is 523. The zero-order valence-corrected chi connectivity index (χ0v) is 17.7. The van der Waals surface area contributed by atoms with Gasteiger partial charge < -0.3 is 16.2 Å². The SMILES string of the molecule is CC.CC(=O)C(C)(C)CC(C)C.CNC(Cc1ccc(O)cc1)C(N)=O. The first-order chi connectivity index (χ1) is 12.0. The number of nitrogens with one attached hydrogen (secondary N) is 1. The first kappa shape index (κ1) is 26.4. The van der Waals surface area contributed by atoms with Gasteiger partial charge in [-0.05, 0) is 50.4 Å². The number of likely N-dealkylation sites (N-methyl/N-ethyl adjacent to an activating group) is 1. The fraction of sp³-hybridized carbons (Fsp3) is 0.619. The molecule has 0 bridgehead atoms. The maximum absolute atomic E-state index is 11.0. The molecular weight excluding hydrogens is 328 g/mol. The predicted molar refractivity (Wildman–Crippen MR) is 109 cm³/mol. The number of ketones is 1. The summed E-state index contributed by atoms with van der Waals surface area (Å²) < 4.78 is 0. The molecule has 0 spiro atoms. The van der Waals surface area contributed by atoms with E-state index in [4.69, 9.17) is 10.8 Å². The molecule has 0 fully saturated rings. The van der Waals surface area contributed by atoms with Crippen LogP contribution < -0.4 is 11.1 Å². The average Bonchev–Trinajstić information content (AvgIpc) is 2.55. The molecule has 26 heavy (non-hydrogen) atoms. The van der Waals surface area contributed by atoms with Crippen molar-refractivity contribution in [2.45, 2.75) is 67.3 Å². The van der Waals surface area contributed by atoms with Crippen LogP contribution >= 0.6 is 0 Å². The smallest absolute Gasteiger partial charge is 0.234 e. The summed E-state index contributed by atoms with van der Waals surface area (Å²) in [5.41, 5.74) is 6.02. The highest BCUT2D eigenvalue weighted by molar-refractivity contribution is 5.81. The highest BCUT2D eigenvalue weighted by atomic mass is 16.3. The number of hydrogen-bond acceptors (Lipinski definition) is 4. The summed E-state index contributed by atoms with van der Waals surface area (Å²) in [7, 11) is 1.69. The second-order valence-corrected chi connectivity index (χ2v) is 7.15. The van der Waals surface area contributed by atoms with Gasteiger partial charge in [0, 0.05) is 5.41 Å². The molecule has 0 radical (unpaired) electrons. The van der Waals surface area contributed by atoms with Gasteiger partial charge in [-0.1, -0.05) is 53.7 Å². The fourth-order valence-electron chi connectivity index (χ4n) is 2.38. The van der Waals surface area contributed by atoms with Crippen LogP contribution in [0.4, 0.5) is 0 Å². The Morgan fingerprint density at radius 3 is 1.88 bits per heavy atom. The molecule has 1 aromatic carbocycles. The Morgan fingerprint density at radius 1 is 1.15 bits per heavy atom. The molecule has 0 aromatic heterocycles. The van der Waals surface area contributed by atoms with Crippen LogP contribution in [0.3, 0.4) is 0 Å². The predicted octanol–water partition coefficient (Wildman–Crippen LogP) is 3.68. The van der Waals surface area contributed by atoms with Gasteiger partial charge in [-0.3, -0.25) is 9.59 Å². The van der Waals surface area contributed by atoms with E-state index in [1.54, 1.807) is 38.2 Å². The summed E-state index contributed by atoms with van der Waals surface area (Å²) in [6.07, 6.45) is 1.52. The molecule has 0 saturated carbocycles. The van der Waals surface area contributed by atoms with Gasteiger partial charge in [0.25, 0.3) is 0 Å². The molecule has 1 unspecified atom stereocenters. The largest absolute Gasteiger partial charge is 0.508 e. The van der Waals surface area contributed by atoms with Crippen molar-refractivity contribution >= 4 is 11.7 Å². The number of amides is 1. The normalized spacial score (nSPS) is 11.6. The molecule has 0 aliphatic rings. The minimum absolute atomic E-state index is 0.117. The van der Waals surface area contributed by atoms with Gasteiger partial charge in [-0.2, -0.15) is 0 Å². The van der Waals surface area contributed by atoms with Crippen LogP contribution in [0.15, 0.2) is 24.3 Å². The second-order valence-electron chi connectivity index (χ2n) is 7.15. The first-order valence-corrected chi connectivity index (χ1v) is 9.25. The lowest BCUT2D eigenvalue weighted by Gasteiger charge is -2.22. The van der Waals surface area contributed by atoms with Crippen molar-refractivity contribution in [1.29, 1.82) is 0 Å². The number of carbonyl (C=O) groups excluding carboxylic acids is 2. The highest BCUT2D eigenvalue weighted by Crippen LogP contribution is 2.25. The van der Waals surface area contributed by atoms with Gasteiger partial charge in [-0.25, -0.2) is 0 Å². The zero-order valence-electron chi connectivity index (χ0n) is 17.7. The number of nitrogens with two attached hydrogens (primary N) is 1. The Labute approximate surface area is 159 Å². The number of aromatic hydroxyl groups is 1. The van der Waals surface area contributed by atoms with Gasteiger partial charge in [0.05, 0.1) is 6.04 Å².